The third-order valence-corrected chi connectivity index (χ3v) is 18.6. The van der Waals surface area contributed by atoms with Gasteiger partial charge in [-0.2, -0.15) is 0 Å². The Morgan fingerprint density at radius 2 is 1.26 bits per heavy atom. The fourth-order valence-electron chi connectivity index (χ4n) is 14.3. The third kappa shape index (κ3) is 10.1. The van der Waals surface area contributed by atoms with Crippen molar-refractivity contribution in [2.24, 2.45) is 34.5 Å². The molecule has 4 saturated heterocycles. The van der Waals surface area contributed by atoms with Crippen molar-refractivity contribution in [2.45, 2.75) is 250 Å². The zero-order valence-electron chi connectivity index (χ0n) is 43.2. The molecule has 0 bridgehead atoms. The number of hydrogen-bond donors (Lipinski definition) is 3. The summed E-state index contributed by atoms with van der Waals surface area (Å²) in [5.74, 6) is -0.723. The maximum atomic E-state index is 13.3. The molecule has 0 radical (unpaired) electrons. The Morgan fingerprint density at radius 3 is 1.83 bits per heavy atom. The molecule has 4 heterocycles. The SMILES string of the molecule is C/C=C(\C)C(=O)O[C@@H]1CC2C(CC=C3C[C@@H](OC4CC(OC)C(OC5CC(OC)C(OC6CC(O)C(OC7CC(C)C(O)C(C)O7)C(C)O6)C(C)O5)C(C)O4)CC[C@@]32C)[C@@]2(O)CCC(C(C)=O)[C@@]12C. The number of ether oxygens (including phenoxy) is 11. The van der Waals surface area contributed by atoms with Gasteiger partial charge in [0.1, 0.15) is 30.2 Å². The van der Waals surface area contributed by atoms with E-state index in [9.17, 15) is 24.9 Å². The van der Waals surface area contributed by atoms with Gasteiger partial charge in [-0.25, -0.2) is 4.79 Å². The Balaban J connectivity index is 0.853. The van der Waals surface area contributed by atoms with Gasteiger partial charge in [0.05, 0.1) is 60.5 Å². The summed E-state index contributed by atoms with van der Waals surface area (Å²) >= 11 is 0. The molecule has 0 aromatic rings. The first-order valence-electron chi connectivity index (χ1n) is 26.1. The molecule has 69 heavy (non-hydrogen) atoms. The van der Waals surface area contributed by atoms with Gasteiger partial charge >= 0.3 is 5.97 Å². The molecule has 0 spiro atoms. The zero-order valence-corrected chi connectivity index (χ0v) is 43.2. The molecule has 0 amide bonds. The van der Waals surface area contributed by atoms with E-state index in [0.717, 1.165) is 19.3 Å². The molecule has 7 fully saturated rings. The topological polar surface area (TPSA) is 196 Å². The predicted molar refractivity (Wildman–Crippen MR) is 250 cm³/mol. The summed E-state index contributed by atoms with van der Waals surface area (Å²) in [5, 5.41) is 34.4. The van der Waals surface area contributed by atoms with Gasteiger partial charge in [-0.3, -0.25) is 4.79 Å². The van der Waals surface area contributed by atoms with Gasteiger partial charge < -0.3 is 67.4 Å². The van der Waals surface area contributed by atoms with Crippen LogP contribution in [0, 0.1) is 34.5 Å². The minimum Gasteiger partial charge on any atom is -0.458 e. The molecule has 3 N–H and O–H groups in total. The number of hydrogen-bond acceptors (Lipinski definition) is 16. The van der Waals surface area contributed by atoms with E-state index in [1.807, 2.05) is 48.5 Å². The lowest BCUT2D eigenvalue weighted by atomic mass is 9.45. The first-order valence-corrected chi connectivity index (χ1v) is 26.1. The Hall–Kier alpha value is -1.90. The lowest BCUT2D eigenvalue weighted by molar-refractivity contribution is -0.345. The second kappa shape index (κ2) is 21.1. The largest absolute Gasteiger partial charge is 0.458 e. The van der Waals surface area contributed by atoms with Gasteiger partial charge in [0.15, 0.2) is 25.2 Å². The fraction of sp³-hybridized carbons (Fsp3) is 0.887. The third-order valence-electron chi connectivity index (χ3n) is 18.6. The highest BCUT2D eigenvalue weighted by Crippen LogP contribution is 2.68. The van der Waals surface area contributed by atoms with Crippen LogP contribution in [0.2, 0.25) is 0 Å². The normalized spacial score (nSPS) is 50.3. The Bertz CT molecular complexity index is 1850. The van der Waals surface area contributed by atoms with Crippen molar-refractivity contribution in [2.75, 3.05) is 14.2 Å². The zero-order chi connectivity index (χ0) is 49.9. The smallest absolute Gasteiger partial charge is 0.333 e. The van der Waals surface area contributed by atoms with E-state index in [-0.39, 0.29) is 65.7 Å². The van der Waals surface area contributed by atoms with Crippen LogP contribution in [-0.2, 0) is 61.7 Å². The summed E-state index contributed by atoms with van der Waals surface area (Å²) in [6, 6.07) is 0. The molecular weight excluding hydrogens is 893 g/mol. The van der Waals surface area contributed by atoms with Gasteiger partial charge in [-0.1, -0.05) is 38.5 Å². The van der Waals surface area contributed by atoms with E-state index in [4.69, 9.17) is 52.1 Å². The number of aliphatic hydroxyl groups excluding tert-OH is 2. The Morgan fingerprint density at radius 1 is 0.710 bits per heavy atom. The minimum atomic E-state index is -1.15. The van der Waals surface area contributed by atoms with Gasteiger partial charge in [0.2, 0.25) is 0 Å². The van der Waals surface area contributed by atoms with Crippen molar-refractivity contribution < 1.29 is 77.0 Å². The van der Waals surface area contributed by atoms with E-state index in [0.29, 0.717) is 50.5 Å². The number of Topliss-reactive ketones (excluding diaryl/α,β-unsaturated/α-hetero) is 1. The van der Waals surface area contributed by atoms with Gasteiger partial charge in [0, 0.05) is 56.8 Å². The molecule has 392 valence electrons. The summed E-state index contributed by atoms with van der Waals surface area (Å²) in [7, 11) is 3.32. The quantitative estimate of drug-likeness (QED) is 0.107. The molecule has 19 unspecified atom stereocenters. The van der Waals surface area contributed by atoms with E-state index >= 15 is 0 Å². The Kier molecular flexibility index (Phi) is 16.4. The number of esters is 1. The molecule has 0 aromatic carbocycles. The predicted octanol–water partition coefficient (Wildman–Crippen LogP) is 6.23. The summed E-state index contributed by atoms with van der Waals surface area (Å²) in [6.45, 7) is 19.0. The fourth-order valence-corrected chi connectivity index (χ4v) is 14.3. The minimum absolute atomic E-state index is 0.00175. The second-order valence-electron chi connectivity index (χ2n) is 22.5. The van der Waals surface area contributed by atoms with Crippen LogP contribution in [0.15, 0.2) is 23.3 Å². The maximum absolute atomic E-state index is 13.3. The summed E-state index contributed by atoms with van der Waals surface area (Å²) in [4.78, 5) is 26.5. The van der Waals surface area contributed by atoms with Crippen molar-refractivity contribution in [3.8, 4) is 0 Å². The Labute approximate surface area is 409 Å². The van der Waals surface area contributed by atoms with Crippen molar-refractivity contribution in [3.05, 3.63) is 23.3 Å². The first-order chi connectivity index (χ1) is 32.6. The summed E-state index contributed by atoms with van der Waals surface area (Å²) < 4.78 is 69.6. The molecule has 16 heteroatoms. The number of allylic oxidation sites excluding steroid dienone is 2. The number of ketones is 1. The van der Waals surface area contributed by atoms with Gasteiger partial charge in [-0.15, -0.1) is 0 Å². The molecule has 0 aromatic heterocycles. The molecular formula is C53H84O16. The number of rotatable bonds is 13. The number of carbonyl (C=O) groups is 2. The molecule has 4 aliphatic carbocycles. The van der Waals surface area contributed by atoms with Crippen LogP contribution in [0.25, 0.3) is 0 Å². The molecule has 4 aliphatic heterocycles. The molecule has 24 atom stereocenters. The molecule has 8 aliphatic rings. The number of fused-ring (bicyclic) bond motifs is 5. The van der Waals surface area contributed by atoms with Gasteiger partial charge in [0.25, 0.3) is 0 Å². The lowest BCUT2D eigenvalue weighted by Gasteiger charge is -2.63. The first kappa shape index (κ1) is 53.4. The summed E-state index contributed by atoms with van der Waals surface area (Å²) in [5.41, 5.74) is -0.436. The van der Waals surface area contributed by atoms with E-state index < -0.39 is 97.1 Å². The number of aliphatic hydroxyl groups is 3. The van der Waals surface area contributed by atoms with Crippen LogP contribution in [0.3, 0.4) is 0 Å². The summed E-state index contributed by atoms with van der Waals surface area (Å²) in [6.07, 6.45) is 1.83. The monoisotopic (exact) mass is 977 g/mol. The molecule has 16 nitrogen and oxygen atoms in total. The van der Waals surface area contributed by atoms with Crippen LogP contribution in [-0.4, -0.2) is 151 Å². The van der Waals surface area contributed by atoms with Crippen LogP contribution >= 0.6 is 0 Å². The van der Waals surface area contributed by atoms with Crippen molar-refractivity contribution in [1.29, 1.82) is 0 Å². The van der Waals surface area contributed by atoms with E-state index in [1.165, 1.54) is 5.57 Å². The standard InChI is InChI=1S/C53H84O16/c1-13-26(2)50(57)66-41-22-37-36(53(58)19-17-35(28(4)54)52(41,53)10)15-14-33-21-34(16-18-51(33,37)9)65-44-24-39(59-11)49(31(7)63-44)69-45-25-40(60-12)48(32(8)64-45)68-43-23-38(55)47(30(6)62-43)67-42-20-27(3)46(56)29(5)61-42/h13-14,27,29-32,34-49,55-56,58H,15-25H2,1-12H3/b26-13+/t27?,29?,30?,31?,32?,34-,35?,36?,37?,38?,39?,40?,41+,42?,43?,44?,45?,46?,47?,48?,49?,51-,52-,53-/m0/s1. The average molecular weight is 977 g/mol. The lowest BCUT2D eigenvalue weighted by Crippen LogP contribution is -2.66. The average Bonchev–Trinajstić information content (AvgIpc) is 3.59. The van der Waals surface area contributed by atoms with Crippen molar-refractivity contribution in [1.82, 2.24) is 0 Å². The van der Waals surface area contributed by atoms with E-state index in [1.54, 1.807) is 34.1 Å². The van der Waals surface area contributed by atoms with Crippen LogP contribution < -0.4 is 0 Å². The second-order valence-corrected chi connectivity index (χ2v) is 22.5. The van der Waals surface area contributed by atoms with Crippen LogP contribution in [0.4, 0.5) is 0 Å². The van der Waals surface area contributed by atoms with Crippen LogP contribution in [0.5, 0.6) is 0 Å². The molecule has 3 saturated carbocycles. The van der Waals surface area contributed by atoms with Gasteiger partial charge in [-0.05, 0) is 117 Å². The number of carbonyl (C=O) groups excluding carboxylic acids is 2. The molecule has 8 rings (SSSR count). The highest BCUT2D eigenvalue weighted by atomic mass is 16.8. The van der Waals surface area contributed by atoms with Crippen molar-refractivity contribution >= 4 is 11.8 Å². The maximum Gasteiger partial charge on any atom is 0.333 e. The highest BCUT2D eigenvalue weighted by molar-refractivity contribution is 5.88. The number of methoxy groups -OCH3 is 2. The highest BCUT2D eigenvalue weighted by Gasteiger charge is 2.71. The van der Waals surface area contributed by atoms with E-state index in [2.05, 4.69) is 13.0 Å². The van der Waals surface area contributed by atoms with Crippen LogP contribution in [0.1, 0.15) is 140 Å². The van der Waals surface area contributed by atoms with Crippen molar-refractivity contribution in [3.63, 3.8) is 0 Å².